The van der Waals surface area contributed by atoms with Gasteiger partial charge >= 0.3 is 0 Å². The third-order valence-electron chi connectivity index (χ3n) is 3.07. The highest BCUT2D eigenvalue weighted by atomic mass is 16.3. The summed E-state index contributed by atoms with van der Waals surface area (Å²) >= 11 is 0. The van der Waals surface area contributed by atoms with Crippen molar-refractivity contribution < 1.29 is 9.90 Å². The zero-order chi connectivity index (χ0) is 12.0. The number of aliphatic hydroxyl groups is 1. The summed E-state index contributed by atoms with van der Waals surface area (Å²) in [5.41, 5.74) is 0. The van der Waals surface area contributed by atoms with E-state index in [4.69, 9.17) is 5.11 Å². The molecular formula is C12H24N2O2. The van der Waals surface area contributed by atoms with Gasteiger partial charge in [-0.15, -0.1) is 0 Å². The van der Waals surface area contributed by atoms with Gasteiger partial charge in [-0.2, -0.15) is 0 Å². The molecule has 1 heterocycles. The van der Waals surface area contributed by atoms with Gasteiger partial charge in [0.2, 0.25) is 5.91 Å². The van der Waals surface area contributed by atoms with Crippen LogP contribution in [0.2, 0.25) is 0 Å². The van der Waals surface area contributed by atoms with Crippen molar-refractivity contribution in [2.75, 3.05) is 33.8 Å². The molecule has 0 aliphatic carbocycles. The minimum Gasteiger partial charge on any atom is -0.396 e. The highest BCUT2D eigenvalue weighted by Crippen LogP contribution is 2.19. The molecule has 16 heavy (non-hydrogen) atoms. The molecule has 0 saturated carbocycles. The van der Waals surface area contributed by atoms with Crippen LogP contribution >= 0.6 is 0 Å². The number of amides is 1. The minimum absolute atomic E-state index is 0.189. The van der Waals surface area contributed by atoms with Crippen molar-refractivity contribution in [2.45, 2.75) is 38.1 Å². The standard InChI is InChI=1S/C12H24N2O2/c1-13(2)10-11-6-5-8-14(11)12(16)7-3-4-9-15/h11,15H,3-10H2,1-2H3. The van der Waals surface area contributed by atoms with Crippen molar-refractivity contribution in [2.24, 2.45) is 0 Å². The SMILES string of the molecule is CN(C)CC1CCCN1C(=O)CCCCO. The Morgan fingerprint density at radius 3 is 2.81 bits per heavy atom. The number of likely N-dealkylation sites (N-methyl/N-ethyl adjacent to an activating group) is 1. The maximum atomic E-state index is 11.9. The highest BCUT2D eigenvalue weighted by Gasteiger charge is 2.28. The van der Waals surface area contributed by atoms with E-state index in [-0.39, 0.29) is 12.5 Å². The number of rotatable bonds is 6. The summed E-state index contributed by atoms with van der Waals surface area (Å²) < 4.78 is 0. The molecule has 4 heteroatoms. The van der Waals surface area contributed by atoms with Crippen molar-refractivity contribution in [3.63, 3.8) is 0 Å². The molecule has 1 rings (SSSR count). The number of aliphatic hydroxyl groups excluding tert-OH is 1. The predicted octanol–water partition coefficient (Wildman–Crippen LogP) is 0.702. The van der Waals surface area contributed by atoms with Crippen molar-refractivity contribution in [3.05, 3.63) is 0 Å². The first-order chi connectivity index (χ1) is 7.65. The molecule has 0 aromatic carbocycles. The van der Waals surface area contributed by atoms with Gasteiger partial charge in [0.25, 0.3) is 0 Å². The molecule has 1 atom stereocenters. The lowest BCUT2D eigenvalue weighted by Gasteiger charge is -2.27. The Morgan fingerprint density at radius 1 is 1.44 bits per heavy atom. The van der Waals surface area contributed by atoms with E-state index in [1.807, 2.05) is 19.0 Å². The van der Waals surface area contributed by atoms with E-state index in [9.17, 15) is 4.79 Å². The van der Waals surface area contributed by atoms with E-state index in [1.54, 1.807) is 0 Å². The molecule has 1 N–H and O–H groups in total. The molecule has 1 saturated heterocycles. The summed E-state index contributed by atoms with van der Waals surface area (Å²) in [6.07, 6.45) is 4.39. The van der Waals surface area contributed by atoms with Crippen LogP contribution in [0.1, 0.15) is 32.1 Å². The van der Waals surface area contributed by atoms with Gasteiger partial charge in [-0.1, -0.05) is 0 Å². The first-order valence-corrected chi connectivity index (χ1v) is 6.20. The Morgan fingerprint density at radius 2 is 2.19 bits per heavy atom. The van der Waals surface area contributed by atoms with E-state index in [0.717, 1.165) is 38.8 Å². The molecule has 0 spiro atoms. The van der Waals surface area contributed by atoms with Gasteiger partial charge in [0.05, 0.1) is 0 Å². The zero-order valence-corrected chi connectivity index (χ0v) is 10.5. The first-order valence-electron chi connectivity index (χ1n) is 6.20. The molecule has 0 bridgehead atoms. The fourth-order valence-electron chi connectivity index (χ4n) is 2.31. The second-order valence-corrected chi connectivity index (χ2v) is 4.83. The van der Waals surface area contributed by atoms with Crippen molar-refractivity contribution >= 4 is 5.91 Å². The molecule has 0 aromatic heterocycles. The topological polar surface area (TPSA) is 43.8 Å². The van der Waals surface area contributed by atoms with Crippen LogP contribution in [0.15, 0.2) is 0 Å². The summed E-state index contributed by atoms with van der Waals surface area (Å²) in [6.45, 7) is 2.07. The number of unbranched alkanes of at least 4 members (excludes halogenated alkanes) is 1. The maximum Gasteiger partial charge on any atom is 0.222 e. The lowest BCUT2D eigenvalue weighted by Crippen LogP contribution is -2.41. The second-order valence-electron chi connectivity index (χ2n) is 4.83. The highest BCUT2D eigenvalue weighted by molar-refractivity contribution is 5.76. The molecule has 1 fully saturated rings. The molecule has 0 aromatic rings. The third-order valence-corrected chi connectivity index (χ3v) is 3.07. The Bertz CT molecular complexity index is 219. The average Bonchev–Trinajstić information content (AvgIpc) is 2.65. The molecule has 0 radical (unpaired) electrons. The predicted molar refractivity (Wildman–Crippen MR) is 64.2 cm³/mol. The summed E-state index contributed by atoms with van der Waals surface area (Å²) in [6, 6.07) is 0.400. The van der Waals surface area contributed by atoms with E-state index in [2.05, 4.69) is 4.90 Å². The van der Waals surface area contributed by atoms with E-state index >= 15 is 0 Å². The summed E-state index contributed by atoms with van der Waals surface area (Å²) in [5.74, 6) is 0.262. The molecule has 1 aliphatic heterocycles. The largest absolute Gasteiger partial charge is 0.396 e. The van der Waals surface area contributed by atoms with Gasteiger partial charge in [0.1, 0.15) is 0 Å². The Hall–Kier alpha value is -0.610. The lowest BCUT2D eigenvalue weighted by atomic mass is 10.2. The van der Waals surface area contributed by atoms with Crippen LogP contribution < -0.4 is 0 Å². The van der Waals surface area contributed by atoms with Crippen LogP contribution in [0.3, 0.4) is 0 Å². The third kappa shape index (κ3) is 4.10. The van der Waals surface area contributed by atoms with Gasteiger partial charge in [-0.05, 0) is 39.8 Å². The van der Waals surface area contributed by atoms with Gasteiger partial charge < -0.3 is 14.9 Å². The fourth-order valence-corrected chi connectivity index (χ4v) is 2.31. The van der Waals surface area contributed by atoms with Crippen LogP contribution in [0, 0.1) is 0 Å². The number of nitrogens with zero attached hydrogens (tertiary/aromatic N) is 2. The van der Waals surface area contributed by atoms with Gasteiger partial charge in [0.15, 0.2) is 0 Å². The molecule has 1 unspecified atom stereocenters. The number of hydrogen-bond donors (Lipinski definition) is 1. The minimum atomic E-state index is 0.189. The molecule has 94 valence electrons. The summed E-state index contributed by atoms with van der Waals surface area (Å²) in [4.78, 5) is 16.1. The molecule has 4 nitrogen and oxygen atoms in total. The van der Waals surface area contributed by atoms with E-state index in [0.29, 0.717) is 12.5 Å². The number of likely N-dealkylation sites (tertiary alicyclic amines) is 1. The van der Waals surface area contributed by atoms with Crippen molar-refractivity contribution in [3.8, 4) is 0 Å². The van der Waals surface area contributed by atoms with Gasteiger partial charge in [-0.3, -0.25) is 4.79 Å². The zero-order valence-electron chi connectivity index (χ0n) is 10.5. The Kier molecular flexibility index (Phi) is 5.77. The maximum absolute atomic E-state index is 11.9. The Labute approximate surface area is 98.2 Å². The van der Waals surface area contributed by atoms with Crippen LogP contribution in [-0.4, -0.2) is 60.6 Å². The van der Waals surface area contributed by atoms with Crippen LogP contribution in [0.25, 0.3) is 0 Å². The van der Waals surface area contributed by atoms with Crippen molar-refractivity contribution in [1.29, 1.82) is 0 Å². The normalized spacial score (nSPS) is 20.8. The lowest BCUT2D eigenvalue weighted by molar-refractivity contribution is -0.132. The number of carbonyl (C=O) groups excluding carboxylic acids is 1. The summed E-state index contributed by atoms with van der Waals surface area (Å²) in [7, 11) is 4.10. The van der Waals surface area contributed by atoms with Crippen LogP contribution in [-0.2, 0) is 4.79 Å². The van der Waals surface area contributed by atoms with Gasteiger partial charge in [-0.25, -0.2) is 0 Å². The molecule has 1 aliphatic rings. The first kappa shape index (κ1) is 13.5. The van der Waals surface area contributed by atoms with Gasteiger partial charge in [0, 0.05) is 32.2 Å². The summed E-state index contributed by atoms with van der Waals surface area (Å²) in [5, 5.41) is 8.68. The smallest absolute Gasteiger partial charge is 0.222 e. The van der Waals surface area contributed by atoms with Crippen LogP contribution in [0.5, 0.6) is 0 Å². The van der Waals surface area contributed by atoms with Crippen molar-refractivity contribution in [1.82, 2.24) is 9.80 Å². The molecular weight excluding hydrogens is 204 g/mol. The monoisotopic (exact) mass is 228 g/mol. The Balaban J connectivity index is 2.35. The number of carbonyl (C=O) groups is 1. The van der Waals surface area contributed by atoms with Crippen LogP contribution in [0.4, 0.5) is 0 Å². The van der Waals surface area contributed by atoms with E-state index < -0.39 is 0 Å². The quantitative estimate of drug-likeness (QED) is 0.681. The fraction of sp³-hybridized carbons (Fsp3) is 0.917. The number of hydrogen-bond acceptors (Lipinski definition) is 3. The van der Waals surface area contributed by atoms with E-state index in [1.165, 1.54) is 0 Å². The average molecular weight is 228 g/mol. The molecule has 1 amide bonds. The second kappa shape index (κ2) is 6.86.